The first-order valence-electron chi connectivity index (χ1n) is 8.47. The number of aromatic amines is 1. The van der Waals surface area contributed by atoms with Crippen LogP contribution < -0.4 is 11.4 Å². The molecule has 0 unspecified atom stereocenters. The third-order valence-corrected chi connectivity index (χ3v) is 4.56. The number of hydrogen-bond acceptors (Lipinski definition) is 4. The van der Waals surface area contributed by atoms with E-state index in [1.165, 1.54) is 0 Å². The van der Waals surface area contributed by atoms with Gasteiger partial charge in [0.25, 0.3) is 0 Å². The number of primary amides is 1. The zero-order valence-electron chi connectivity index (χ0n) is 14.6. The second kappa shape index (κ2) is 6.53. The van der Waals surface area contributed by atoms with Crippen LogP contribution in [-0.2, 0) is 0 Å². The molecule has 0 spiro atoms. The predicted molar refractivity (Wildman–Crippen MR) is 102 cm³/mol. The molecule has 2 aromatic heterocycles. The summed E-state index contributed by atoms with van der Waals surface area (Å²) >= 11 is 0. The van der Waals surface area contributed by atoms with Crippen molar-refractivity contribution in [3.63, 3.8) is 0 Å². The lowest BCUT2D eigenvalue weighted by Gasteiger charge is -2.13. The number of hydrogen-bond donors (Lipinski definition) is 2. The van der Waals surface area contributed by atoms with Gasteiger partial charge in [-0.1, -0.05) is 42.5 Å². The van der Waals surface area contributed by atoms with Gasteiger partial charge in [-0.3, -0.25) is 14.3 Å². The summed E-state index contributed by atoms with van der Waals surface area (Å²) in [4.78, 5) is 35.5. The Morgan fingerprint density at radius 3 is 2.48 bits per heavy atom. The van der Waals surface area contributed by atoms with E-state index in [2.05, 4.69) is 15.0 Å². The lowest BCUT2D eigenvalue weighted by atomic mass is 10.1. The van der Waals surface area contributed by atoms with Gasteiger partial charge in [-0.15, -0.1) is 0 Å². The number of carbonyl (C=O) groups excluding carboxylic acids is 1. The second-order valence-corrected chi connectivity index (χ2v) is 6.26. The molecule has 0 saturated heterocycles. The molecule has 27 heavy (non-hydrogen) atoms. The van der Waals surface area contributed by atoms with E-state index in [9.17, 15) is 9.59 Å². The molecule has 0 aliphatic carbocycles. The van der Waals surface area contributed by atoms with Crippen LogP contribution in [0.4, 0.5) is 0 Å². The van der Waals surface area contributed by atoms with E-state index in [1.807, 2.05) is 37.3 Å². The number of imidazole rings is 1. The summed E-state index contributed by atoms with van der Waals surface area (Å²) in [6.07, 6.45) is 1.59. The van der Waals surface area contributed by atoms with Gasteiger partial charge in [-0.25, -0.2) is 14.8 Å². The highest BCUT2D eigenvalue weighted by molar-refractivity contribution is 5.93. The topological polar surface area (TPSA) is 107 Å². The molecule has 134 valence electrons. The van der Waals surface area contributed by atoms with Gasteiger partial charge >= 0.3 is 5.69 Å². The first-order valence-corrected chi connectivity index (χ1v) is 8.47. The van der Waals surface area contributed by atoms with Crippen LogP contribution >= 0.6 is 0 Å². The number of aromatic nitrogens is 4. The highest BCUT2D eigenvalue weighted by Gasteiger charge is 2.17. The molecule has 7 nitrogen and oxygen atoms in total. The minimum atomic E-state index is -0.487. The minimum Gasteiger partial charge on any atom is -0.366 e. The van der Waals surface area contributed by atoms with E-state index in [0.717, 1.165) is 11.1 Å². The van der Waals surface area contributed by atoms with Crippen molar-refractivity contribution in [3.05, 3.63) is 82.4 Å². The Morgan fingerprint density at radius 2 is 1.81 bits per heavy atom. The molecule has 0 saturated carbocycles. The van der Waals surface area contributed by atoms with Crippen molar-refractivity contribution in [1.29, 1.82) is 0 Å². The van der Waals surface area contributed by atoms with E-state index < -0.39 is 5.91 Å². The van der Waals surface area contributed by atoms with E-state index in [4.69, 9.17) is 5.73 Å². The first kappa shape index (κ1) is 16.7. The summed E-state index contributed by atoms with van der Waals surface area (Å²) in [5.74, 6) is -0.487. The lowest BCUT2D eigenvalue weighted by molar-refractivity contribution is 0.100. The third kappa shape index (κ3) is 2.99. The summed E-state index contributed by atoms with van der Waals surface area (Å²) < 4.78 is 1.60. The summed E-state index contributed by atoms with van der Waals surface area (Å²) in [7, 11) is 0. The number of nitrogens with one attached hydrogen (secondary N) is 1. The van der Waals surface area contributed by atoms with Crippen LogP contribution in [-0.4, -0.2) is 25.4 Å². The Morgan fingerprint density at radius 1 is 1.11 bits per heavy atom. The molecule has 3 N–H and O–H groups in total. The number of nitrogens with two attached hydrogens (primary N) is 1. The Labute approximate surface area is 154 Å². The van der Waals surface area contributed by atoms with Crippen LogP contribution in [0.25, 0.3) is 22.6 Å². The number of rotatable bonds is 4. The first-order chi connectivity index (χ1) is 13.0. The number of carbonyl (C=O) groups is 1. The smallest absolute Gasteiger partial charge is 0.329 e. The molecule has 1 amide bonds. The van der Waals surface area contributed by atoms with Crippen molar-refractivity contribution in [2.24, 2.45) is 5.73 Å². The number of nitrogens with zero attached hydrogens (tertiary/aromatic N) is 3. The lowest BCUT2D eigenvalue weighted by Crippen LogP contribution is -2.21. The van der Waals surface area contributed by atoms with Crippen molar-refractivity contribution in [2.45, 2.75) is 13.0 Å². The van der Waals surface area contributed by atoms with Gasteiger partial charge in [0.1, 0.15) is 0 Å². The Bertz CT molecular complexity index is 1180. The Balaban J connectivity index is 1.82. The Kier molecular flexibility index (Phi) is 4.04. The largest absolute Gasteiger partial charge is 0.366 e. The fraction of sp³-hybridized carbons (Fsp3) is 0.100. The van der Waals surface area contributed by atoms with E-state index in [0.29, 0.717) is 22.6 Å². The molecular formula is C20H17N5O2. The van der Waals surface area contributed by atoms with Gasteiger partial charge in [0.05, 0.1) is 17.9 Å². The number of H-pyrrole nitrogens is 1. The molecular weight excluding hydrogens is 342 g/mol. The van der Waals surface area contributed by atoms with Gasteiger partial charge in [-0.2, -0.15) is 0 Å². The highest BCUT2D eigenvalue weighted by Crippen LogP contribution is 2.22. The monoisotopic (exact) mass is 359 g/mol. The van der Waals surface area contributed by atoms with Crippen LogP contribution in [0.15, 0.2) is 65.6 Å². The zero-order chi connectivity index (χ0) is 19.0. The van der Waals surface area contributed by atoms with Crippen LogP contribution in [0, 0.1) is 0 Å². The molecule has 0 aliphatic heterocycles. The molecule has 7 heteroatoms. The van der Waals surface area contributed by atoms with Crippen LogP contribution in [0.5, 0.6) is 0 Å². The number of amides is 1. The average molecular weight is 359 g/mol. The molecule has 4 rings (SSSR count). The standard InChI is InChI=1S/C20H17N5O2/c1-12(13-5-3-2-4-6-13)25-19-18(24-20(25)27)22-11-16(23-19)14-7-9-15(10-8-14)17(21)26/h2-12H,1H3,(H2,21,26)(H,22,24,27)/t12-/m1/s1. The van der Waals surface area contributed by atoms with E-state index in [-0.39, 0.29) is 11.7 Å². The van der Waals surface area contributed by atoms with Crippen molar-refractivity contribution in [3.8, 4) is 11.3 Å². The molecule has 4 aromatic rings. The summed E-state index contributed by atoms with van der Waals surface area (Å²) in [6, 6.07) is 16.3. The normalized spacial score (nSPS) is 12.2. The van der Waals surface area contributed by atoms with Crippen LogP contribution in [0.1, 0.15) is 28.9 Å². The summed E-state index contributed by atoms with van der Waals surface area (Å²) in [5.41, 5.74) is 8.73. The maximum atomic E-state index is 12.5. The van der Waals surface area contributed by atoms with Gasteiger partial charge in [0.2, 0.25) is 5.91 Å². The number of benzene rings is 2. The van der Waals surface area contributed by atoms with Gasteiger partial charge in [-0.05, 0) is 24.6 Å². The molecule has 0 fully saturated rings. The third-order valence-electron chi connectivity index (χ3n) is 4.56. The van der Waals surface area contributed by atoms with Crippen molar-refractivity contribution >= 4 is 17.2 Å². The highest BCUT2D eigenvalue weighted by atomic mass is 16.1. The molecule has 0 aliphatic rings. The van der Waals surface area contributed by atoms with Crippen molar-refractivity contribution < 1.29 is 4.79 Å². The Hall–Kier alpha value is -3.74. The van der Waals surface area contributed by atoms with E-state index in [1.54, 1.807) is 35.0 Å². The molecule has 0 bridgehead atoms. The number of fused-ring (bicyclic) bond motifs is 1. The second-order valence-electron chi connectivity index (χ2n) is 6.26. The molecule has 0 radical (unpaired) electrons. The van der Waals surface area contributed by atoms with Crippen LogP contribution in [0.3, 0.4) is 0 Å². The van der Waals surface area contributed by atoms with E-state index >= 15 is 0 Å². The maximum absolute atomic E-state index is 12.5. The van der Waals surface area contributed by atoms with Crippen molar-refractivity contribution in [2.75, 3.05) is 0 Å². The fourth-order valence-corrected chi connectivity index (χ4v) is 3.08. The average Bonchev–Trinajstić information content (AvgIpc) is 3.03. The SMILES string of the molecule is C[C@H](c1ccccc1)n1c(=O)[nH]c2ncc(-c3ccc(C(N)=O)cc3)nc21. The zero-order valence-corrected chi connectivity index (χ0v) is 14.6. The van der Waals surface area contributed by atoms with Crippen molar-refractivity contribution in [1.82, 2.24) is 19.5 Å². The minimum absolute atomic E-state index is 0.200. The molecule has 1 atom stereocenters. The molecule has 2 heterocycles. The van der Waals surface area contributed by atoms with Crippen LogP contribution in [0.2, 0.25) is 0 Å². The fourth-order valence-electron chi connectivity index (χ4n) is 3.08. The van der Waals surface area contributed by atoms with Gasteiger partial charge in [0.15, 0.2) is 11.3 Å². The quantitative estimate of drug-likeness (QED) is 0.584. The summed E-state index contributed by atoms with van der Waals surface area (Å²) in [5, 5.41) is 0. The molecule has 2 aromatic carbocycles. The van der Waals surface area contributed by atoms with Gasteiger partial charge in [0, 0.05) is 11.1 Å². The summed E-state index contributed by atoms with van der Waals surface area (Å²) in [6.45, 7) is 1.94. The predicted octanol–water partition coefficient (Wildman–Crippen LogP) is 2.49. The maximum Gasteiger partial charge on any atom is 0.329 e. The van der Waals surface area contributed by atoms with Gasteiger partial charge < -0.3 is 5.73 Å².